The molecule has 0 aromatic heterocycles. The summed E-state index contributed by atoms with van der Waals surface area (Å²) in [5.74, 6) is 0.119. The van der Waals surface area contributed by atoms with Gasteiger partial charge in [-0.15, -0.1) is 0 Å². The summed E-state index contributed by atoms with van der Waals surface area (Å²) in [6.45, 7) is 7.49. The molecule has 0 aliphatic rings. The normalized spacial score (nSPS) is 13.7. The van der Waals surface area contributed by atoms with Crippen molar-refractivity contribution < 1.29 is 18.7 Å². The van der Waals surface area contributed by atoms with Gasteiger partial charge in [0, 0.05) is 12.1 Å². The number of ether oxygens (including phenoxy) is 2. The van der Waals surface area contributed by atoms with Crippen molar-refractivity contribution in [3.05, 3.63) is 65.5 Å². The van der Waals surface area contributed by atoms with E-state index >= 15 is 0 Å². The fourth-order valence-corrected chi connectivity index (χ4v) is 2.84. The molecule has 4 nitrogen and oxygen atoms in total. The molecule has 5 heteroatoms. The van der Waals surface area contributed by atoms with E-state index in [9.17, 15) is 9.18 Å². The molecule has 146 valence electrons. The molecule has 0 unspecified atom stereocenters. The molecule has 0 aliphatic carbocycles. The summed E-state index contributed by atoms with van der Waals surface area (Å²) < 4.78 is 24.4. The molecular weight excluding hydrogens is 345 g/mol. The van der Waals surface area contributed by atoms with E-state index in [4.69, 9.17) is 9.47 Å². The summed E-state index contributed by atoms with van der Waals surface area (Å²) in [6.07, 6.45) is 0.112. The third-order valence-electron chi connectivity index (χ3n) is 4.11. The Labute approximate surface area is 160 Å². The molecule has 27 heavy (non-hydrogen) atoms. The van der Waals surface area contributed by atoms with Crippen LogP contribution in [0.5, 0.6) is 5.75 Å². The van der Waals surface area contributed by atoms with E-state index in [1.54, 1.807) is 13.2 Å². The number of benzene rings is 2. The Hall–Kier alpha value is -2.40. The number of carbonyl (C=O) groups is 1. The largest absolute Gasteiger partial charge is 0.497 e. The zero-order valence-electron chi connectivity index (χ0n) is 16.6. The number of hydrogen-bond acceptors (Lipinski definition) is 4. The average Bonchev–Trinajstić information content (AvgIpc) is 2.59. The van der Waals surface area contributed by atoms with Crippen molar-refractivity contribution in [2.24, 2.45) is 0 Å². The first-order valence-electron chi connectivity index (χ1n) is 9.05. The van der Waals surface area contributed by atoms with E-state index < -0.39 is 5.60 Å². The lowest BCUT2D eigenvalue weighted by Crippen LogP contribution is -2.30. The molecule has 0 amide bonds. The van der Waals surface area contributed by atoms with Crippen LogP contribution in [0.3, 0.4) is 0 Å². The lowest BCUT2D eigenvalue weighted by atomic mass is 10.00. The van der Waals surface area contributed by atoms with Gasteiger partial charge in [0.25, 0.3) is 0 Å². The highest BCUT2D eigenvalue weighted by atomic mass is 19.1. The van der Waals surface area contributed by atoms with Gasteiger partial charge in [-0.05, 0) is 63.1 Å². The van der Waals surface area contributed by atoms with Crippen molar-refractivity contribution in [2.75, 3.05) is 7.11 Å². The van der Waals surface area contributed by atoms with Crippen molar-refractivity contribution in [3.8, 4) is 5.75 Å². The molecule has 0 saturated heterocycles. The van der Waals surface area contributed by atoms with Gasteiger partial charge in [-0.25, -0.2) is 4.39 Å². The first kappa shape index (κ1) is 20.9. The smallest absolute Gasteiger partial charge is 0.308 e. The van der Waals surface area contributed by atoms with E-state index in [2.05, 4.69) is 5.32 Å². The molecule has 2 aromatic carbocycles. The molecule has 2 aromatic rings. The van der Waals surface area contributed by atoms with Gasteiger partial charge in [-0.2, -0.15) is 0 Å². The number of esters is 1. The SMILES string of the molecule is COc1ccc([C@H](C)N[C@H](CC(=O)OC(C)(C)C)c2cccc(F)c2)cc1. The quantitative estimate of drug-likeness (QED) is 0.697. The van der Waals surface area contributed by atoms with E-state index in [0.29, 0.717) is 5.56 Å². The molecule has 0 fully saturated rings. The van der Waals surface area contributed by atoms with E-state index in [1.165, 1.54) is 12.1 Å². The van der Waals surface area contributed by atoms with Gasteiger partial charge in [0.05, 0.1) is 13.5 Å². The van der Waals surface area contributed by atoms with Crippen molar-refractivity contribution in [1.82, 2.24) is 5.32 Å². The Morgan fingerprint density at radius 1 is 1.11 bits per heavy atom. The Kier molecular flexibility index (Phi) is 6.97. The summed E-state index contributed by atoms with van der Waals surface area (Å²) in [7, 11) is 1.62. The summed E-state index contributed by atoms with van der Waals surface area (Å²) in [5.41, 5.74) is 1.19. The minimum Gasteiger partial charge on any atom is -0.497 e. The Balaban J connectivity index is 2.19. The van der Waals surface area contributed by atoms with Crippen LogP contribution in [0.2, 0.25) is 0 Å². The van der Waals surface area contributed by atoms with Gasteiger partial charge >= 0.3 is 5.97 Å². The summed E-state index contributed by atoms with van der Waals surface area (Å²) in [6, 6.07) is 13.6. The van der Waals surface area contributed by atoms with E-state index in [1.807, 2.05) is 58.0 Å². The molecule has 0 heterocycles. The van der Waals surface area contributed by atoms with Crippen LogP contribution in [0.4, 0.5) is 4.39 Å². The first-order chi connectivity index (χ1) is 12.7. The van der Waals surface area contributed by atoms with Gasteiger partial charge in [0.15, 0.2) is 0 Å². The Morgan fingerprint density at radius 3 is 2.33 bits per heavy atom. The fourth-order valence-electron chi connectivity index (χ4n) is 2.84. The van der Waals surface area contributed by atoms with Crippen LogP contribution in [0.15, 0.2) is 48.5 Å². The molecule has 0 aliphatic heterocycles. The van der Waals surface area contributed by atoms with Crippen LogP contribution in [-0.4, -0.2) is 18.7 Å². The van der Waals surface area contributed by atoms with Crippen molar-refractivity contribution in [3.63, 3.8) is 0 Å². The minimum absolute atomic E-state index is 0.0494. The number of rotatable bonds is 7. The van der Waals surface area contributed by atoms with Gasteiger partial charge in [-0.3, -0.25) is 4.79 Å². The molecule has 2 atom stereocenters. The van der Waals surface area contributed by atoms with Crippen LogP contribution in [-0.2, 0) is 9.53 Å². The zero-order chi connectivity index (χ0) is 20.0. The molecule has 0 spiro atoms. The van der Waals surface area contributed by atoms with Crippen molar-refractivity contribution in [2.45, 2.75) is 51.8 Å². The highest BCUT2D eigenvalue weighted by Gasteiger charge is 2.23. The van der Waals surface area contributed by atoms with Gasteiger partial charge in [-0.1, -0.05) is 24.3 Å². The molecular formula is C22H28FNO3. The number of hydrogen-bond donors (Lipinski definition) is 1. The second-order valence-corrected chi connectivity index (χ2v) is 7.56. The average molecular weight is 373 g/mol. The van der Waals surface area contributed by atoms with Crippen LogP contribution in [0.1, 0.15) is 57.3 Å². The topological polar surface area (TPSA) is 47.6 Å². The van der Waals surface area contributed by atoms with Crippen LogP contribution < -0.4 is 10.1 Å². The van der Waals surface area contributed by atoms with Gasteiger partial charge in [0.1, 0.15) is 17.2 Å². The maximum absolute atomic E-state index is 13.7. The number of nitrogens with one attached hydrogen (secondary N) is 1. The molecule has 0 bridgehead atoms. The predicted octanol–water partition coefficient (Wildman–Crippen LogP) is 4.96. The molecule has 1 N–H and O–H groups in total. The second kappa shape index (κ2) is 9.00. The van der Waals surface area contributed by atoms with Crippen LogP contribution in [0.25, 0.3) is 0 Å². The van der Waals surface area contributed by atoms with Gasteiger partial charge < -0.3 is 14.8 Å². The fraction of sp³-hybridized carbons (Fsp3) is 0.409. The Bertz CT molecular complexity index is 753. The monoisotopic (exact) mass is 373 g/mol. The lowest BCUT2D eigenvalue weighted by molar-refractivity contribution is -0.155. The first-order valence-corrected chi connectivity index (χ1v) is 9.05. The number of carbonyl (C=O) groups excluding carboxylic acids is 1. The van der Waals surface area contributed by atoms with Crippen molar-refractivity contribution in [1.29, 1.82) is 0 Å². The third kappa shape index (κ3) is 6.68. The van der Waals surface area contributed by atoms with Crippen LogP contribution >= 0.6 is 0 Å². The van der Waals surface area contributed by atoms with Gasteiger partial charge in [0.2, 0.25) is 0 Å². The maximum atomic E-state index is 13.7. The predicted molar refractivity (Wildman–Crippen MR) is 104 cm³/mol. The standard InChI is InChI=1S/C22H28FNO3/c1-15(16-9-11-19(26-5)12-10-16)24-20(14-21(25)27-22(2,3)4)17-7-6-8-18(23)13-17/h6-13,15,20,24H,14H2,1-5H3/t15-,20+/m0/s1. The molecule has 0 saturated carbocycles. The second-order valence-electron chi connectivity index (χ2n) is 7.56. The number of methoxy groups -OCH3 is 1. The van der Waals surface area contributed by atoms with Crippen LogP contribution in [0, 0.1) is 5.82 Å². The minimum atomic E-state index is -0.564. The maximum Gasteiger partial charge on any atom is 0.308 e. The van der Waals surface area contributed by atoms with E-state index in [0.717, 1.165) is 11.3 Å². The summed E-state index contributed by atoms with van der Waals surface area (Å²) in [4.78, 5) is 12.4. The summed E-state index contributed by atoms with van der Waals surface area (Å²) >= 11 is 0. The highest BCUT2D eigenvalue weighted by molar-refractivity contribution is 5.71. The third-order valence-corrected chi connectivity index (χ3v) is 4.11. The zero-order valence-corrected chi connectivity index (χ0v) is 16.6. The molecule has 2 rings (SSSR count). The molecule has 0 radical (unpaired) electrons. The highest BCUT2D eigenvalue weighted by Crippen LogP contribution is 2.25. The van der Waals surface area contributed by atoms with Crippen molar-refractivity contribution >= 4 is 5.97 Å². The lowest BCUT2D eigenvalue weighted by Gasteiger charge is -2.26. The van der Waals surface area contributed by atoms with E-state index in [-0.39, 0.29) is 30.3 Å². The Morgan fingerprint density at radius 2 is 1.78 bits per heavy atom. The summed E-state index contributed by atoms with van der Waals surface area (Å²) in [5, 5.41) is 3.42. The number of halogens is 1.